The van der Waals surface area contributed by atoms with Crippen LogP contribution in [0.4, 0.5) is 9.59 Å². The van der Waals surface area contributed by atoms with Gasteiger partial charge in [-0.1, -0.05) is 65.8 Å². The van der Waals surface area contributed by atoms with E-state index in [1.165, 1.54) is 55.5 Å². The monoisotopic (exact) mass is 2100 g/mol. The topological polar surface area (TPSA) is 911 Å². The molecule has 148 heavy (non-hydrogen) atoms. The maximum absolute atomic E-state index is 14.8. The second kappa shape index (κ2) is 63.2. The third-order valence-electron chi connectivity index (χ3n) is 23.3. The highest BCUT2D eigenvalue weighted by molar-refractivity contribution is 6.02. The number of aliphatic carboxylic acids is 1. The molecule has 0 aromatic heterocycles. The molecule has 826 valence electrons. The Hall–Kier alpha value is -14.4. The van der Waals surface area contributed by atoms with Gasteiger partial charge in [0.2, 0.25) is 112 Å². The fraction of sp³-hybridized carbons (Fsp3) is 0.626. The molecule has 57 nitrogen and oxygen atoms in total. The number of aliphatic hydroxyl groups excluding tert-OH is 8. The van der Waals surface area contributed by atoms with Gasteiger partial charge in [-0.15, -0.1) is 0 Å². The number of hydrogen-bond donors (Lipinski definition) is 33. The highest BCUT2D eigenvalue weighted by Gasteiger charge is 2.44. The normalized spacial score (nSPS) is 16.9. The van der Waals surface area contributed by atoms with E-state index in [-0.39, 0.29) is 120 Å². The van der Waals surface area contributed by atoms with Crippen LogP contribution in [0.3, 0.4) is 0 Å². The zero-order valence-corrected chi connectivity index (χ0v) is 83.6. The summed E-state index contributed by atoms with van der Waals surface area (Å²) in [6.07, 6.45) is -3.24. The van der Waals surface area contributed by atoms with E-state index in [0.717, 1.165) is 23.6 Å². The number of likely N-dealkylation sites (tertiary alicyclic amines) is 2. The molecule has 2 aromatic rings. The molecule has 36 N–H and O–H groups in total. The number of phenolic OH excluding ortho intramolecular Hbond substituents is 2. The van der Waals surface area contributed by atoms with Crippen molar-refractivity contribution < 1.29 is 162 Å². The summed E-state index contributed by atoms with van der Waals surface area (Å²) in [5.74, 6) is -23.7. The summed E-state index contributed by atoms with van der Waals surface area (Å²) >= 11 is 0. The lowest BCUT2D eigenvalue weighted by molar-refractivity contribution is -0.150. The minimum absolute atomic E-state index is 0.00765. The van der Waals surface area contributed by atoms with E-state index in [4.69, 9.17) is 17.2 Å². The van der Waals surface area contributed by atoms with Crippen LogP contribution in [0.25, 0.3) is 0 Å². The molecule has 4 rings (SSSR count). The van der Waals surface area contributed by atoms with Crippen molar-refractivity contribution in [3.63, 3.8) is 0 Å². The van der Waals surface area contributed by atoms with Crippen molar-refractivity contribution >= 4 is 130 Å². The van der Waals surface area contributed by atoms with Gasteiger partial charge >= 0.3 is 18.0 Å². The molecule has 2 aliphatic rings. The van der Waals surface area contributed by atoms with Crippen LogP contribution >= 0.6 is 0 Å². The molecular weight excluding hydrogens is 1960 g/mol. The second-order valence-corrected chi connectivity index (χ2v) is 36.9. The van der Waals surface area contributed by atoms with Gasteiger partial charge in [-0.05, 0) is 151 Å². The number of carbonyl (C=O) groups excluding carboxylic acids is 21. The number of carboxylic acids is 1. The van der Waals surface area contributed by atoms with E-state index in [1.54, 1.807) is 41.5 Å². The first-order valence-corrected chi connectivity index (χ1v) is 48.0. The molecule has 2 saturated heterocycles. The molecule has 20 atom stereocenters. The number of carbonyl (C=O) groups is 22. The van der Waals surface area contributed by atoms with Crippen LogP contribution in [-0.4, -0.2) is 396 Å². The van der Waals surface area contributed by atoms with Crippen molar-refractivity contribution in [1.82, 2.24) is 111 Å². The van der Waals surface area contributed by atoms with Crippen molar-refractivity contribution in [3.8, 4) is 11.5 Å². The number of urea groups is 2. The third kappa shape index (κ3) is 42.2. The predicted molar refractivity (Wildman–Crippen MR) is 517 cm³/mol. The van der Waals surface area contributed by atoms with Gasteiger partial charge in [0.15, 0.2) is 0 Å². The van der Waals surface area contributed by atoms with Gasteiger partial charge in [-0.25, -0.2) is 14.4 Å². The highest BCUT2D eigenvalue weighted by atomic mass is 16.4. The molecule has 0 saturated carbocycles. The Morgan fingerprint density at radius 1 is 0.338 bits per heavy atom. The first kappa shape index (κ1) is 126. The standard InChI is InChI=1S/C91H144N24O33/c1-43(2)30-56(104-81(137)62(38-118)108-73(129)53(92)33-49-18-22-51(124)23-19-49)74(130)97-35-69(126)100-60(36-116)79(135)99-46(7)71(127)103-57(31-44(3)4)77(133)102-55(15-11-27-96-91(94)148)87(143)114-28-12-16-67(114)85(141)110-65(41-121)84(140)113-70(48(9)123)86(142)111-64(40-120)80(136)101-54(14-10-26-95-90(93)147)75(131)109-63(39-119)82(138)105-58(32-45(5)6)78(134)106-59(34-50-20-24-52(125)25-21-50)76(132)98-47(8)72(128)107-61(37-117)83(139)112-66(42-122)88(144)115-29-13-17-68(115)89(145)146/h18-25,43-48,53-68,70,116-125H,10-17,26-42,92H2,1-9H3,(H,97,130)(H,98,132)(H,99,135)(H,100,126)(H,101,136)(H,102,133)(H,103,127)(H,104,137)(H,105,138)(H,106,134)(H,107,128)(H,108,129)(H,109,131)(H,110,141)(H,111,142)(H,112,139)(H,113,140)(H,145,146)(H3,93,95,147)(H3,94,96,148)/t46-,47-,48+,53-,54-,55-,56-,57-,58-,59-,60-,61-,62-,63-,64-,65-,66-,67-,68-,70-/m0/s1. The van der Waals surface area contributed by atoms with Crippen LogP contribution in [0.2, 0.25) is 0 Å². The number of rotatable bonds is 63. The Morgan fingerprint density at radius 2 is 0.649 bits per heavy atom. The van der Waals surface area contributed by atoms with Gasteiger partial charge in [-0.3, -0.25) is 91.1 Å². The number of benzene rings is 2. The summed E-state index contributed by atoms with van der Waals surface area (Å²) in [4.78, 5) is 301. The van der Waals surface area contributed by atoms with Gasteiger partial charge in [0, 0.05) is 32.6 Å². The quantitative estimate of drug-likeness (QED) is 0.0274. The fourth-order valence-corrected chi connectivity index (χ4v) is 15.3. The van der Waals surface area contributed by atoms with E-state index in [9.17, 15) is 162 Å². The van der Waals surface area contributed by atoms with Crippen molar-refractivity contribution in [2.24, 2.45) is 35.0 Å². The second-order valence-electron chi connectivity index (χ2n) is 36.9. The summed E-state index contributed by atoms with van der Waals surface area (Å²) in [7, 11) is 0. The minimum atomic E-state index is -2.12. The smallest absolute Gasteiger partial charge is 0.326 e. The number of nitrogens with two attached hydrogens (primary N) is 3. The Kier molecular flexibility index (Phi) is 53.8. The van der Waals surface area contributed by atoms with Crippen molar-refractivity contribution in [3.05, 3.63) is 59.7 Å². The van der Waals surface area contributed by atoms with Crippen LogP contribution in [0.1, 0.15) is 144 Å². The lowest BCUT2D eigenvalue weighted by atomic mass is 10.0. The number of hydrogen-bond acceptors (Lipinski definition) is 33. The van der Waals surface area contributed by atoms with Crippen LogP contribution in [0.5, 0.6) is 11.5 Å². The number of carboxylic acid groups (broad SMARTS) is 1. The molecule has 0 unspecified atom stereocenters. The molecule has 2 heterocycles. The average molecular weight is 2100 g/mol. The van der Waals surface area contributed by atoms with E-state index >= 15 is 0 Å². The number of amides is 23. The summed E-state index contributed by atoms with van der Waals surface area (Å²) in [6, 6.07) is -22.6. The van der Waals surface area contributed by atoms with Gasteiger partial charge < -0.3 is 184 Å². The van der Waals surface area contributed by atoms with E-state index < -0.39 is 316 Å². The van der Waals surface area contributed by atoms with Crippen molar-refractivity contribution in [1.29, 1.82) is 0 Å². The van der Waals surface area contributed by atoms with Gasteiger partial charge in [-0.2, -0.15) is 0 Å². The van der Waals surface area contributed by atoms with Crippen LogP contribution in [0.15, 0.2) is 48.5 Å². The Labute approximate surface area is 851 Å². The maximum Gasteiger partial charge on any atom is 0.326 e. The fourth-order valence-electron chi connectivity index (χ4n) is 15.3. The average Bonchev–Trinajstić information content (AvgIpc) is 1.71. The van der Waals surface area contributed by atoms with Crippen molar-refractivity contribution in [2.45, 2.75) is 267 Å². The lowest BCUT2D eigenvalue weighted by Crippen LogP contribution is -2.63. The largest absolute Gasteiger partial charge is 0.508 e. The van der Waals surface area contributed by atoms with E-state index in [0.29, 0.717) is 17.5 Å². The first-order chi connectivity index (χ1) is 69.7. The number of primary amides is 2. The van der Waals surface area contributed by atoms with Gasteiger partial charge in [0.1, 0.15) is 120 Å². The molecule has 2 fully saturated rings. The number of phenols is 2. The van der Waals surface area contributed by atoms with Crippen LogP contribution < -0.4 is 118 Å². The van der Waals surface area contributed by atoms with Crippen LogP contribution in [-0.2, 0) is 109 Å². The summed E-state index contributed by atoms with van der Waals surface area (Å²) < 4.78 is 0. The molecule has 0 bridgehead atoms. The first-order valence-electron chi connectivity index (χ1n) is 48.0. The van der Waals surface area contributed by atoms with Crippen LogP contribution in [0, 0.1) is 17.8 Å². The van der Waals surface area contributed by atoms with Gasteiger partial charge in [0.05, 0.1) is 64.9 Å². The number of nitrogens with zero attached hydrogens (tertiary/aromatic N) is 2. The van der Waals surface area contributed by atoms with Crippen molar-refractivity contribution in [2.75, 3.05) is 79.0 Å². The van der Waals surface area contributed by atoms with E-state index in [1.807, 2.05) is 0 Å². The Bertz CT molecular complexity index is 4870. The SMILES string of the molecule is CC(C)C[C@H](NC(=O)[C@H](C)NC(=O)[C@H](CO)NC(=O)CNC(=O)[C@H](CC(C)C)NC(=O)[C@H](CO)NC(=O)[C@@H](N)Cc1ccc(O)cc1)C(=O)N[C@@H](CCCNC(N)=O)C(=O)N1CCC[C@H]1C(=O)N[C@@H](CO)C(=O)N[C@H](C(=O)N[C@@H](CO)C(=O)N[C@@H](CCCNC(N)=O)C(=O)N[C@@H](CO)C(=O)N[C@@H](CC(C)C)C(=O)N[C@@H](Cc1ccc(O)cc1)C(=O)N[C@@H](C)C(=O)N[C@@H](CO)C(=O)N[C@@H](CO)C(=O)N1CCC[C@H]1C(=O)O)[C@@H](C)O. The number of aliphatic hydroxyl groups is 8. The summed E-state index contributed by atoms with van der Waals surface area (Å²) in [5.41, 5.74) is 17.4. The molecule has 23 amide bonds. The minimum Gasteiger partial charge on any atom is -0.508 e. The number of nitrogens with one attached hydrogen (secondary N) is 19. The zero-order valence-electron chi connectivity index (χ0n) is 83.6. The molecule has 2 aromatic carbocycles. The molecule has 0 spiro atoms. The number of aromatic hydroxyl groups is 2. The maximum atomic E-state index is 14.8. The predicted octanol–water partition coefficient (Wildman–Crippen LogP) is -13.4. The van der Waals surface area contributed by atoms with E-state index in [2.05, 4.69) is 101 Å². The molecule has 0 radical (unpaired) electrons. The Balaban J connectivity index is 1.45. The third-order valence-corrected chi connectivity index (χ3v) is 23.3. The summed E-state index contributed by atoms with van der Waals surface area (Å²) in [6.45, 7) is 4.01. The molecule has 57 heteroatoms. The van der Waals surface area contributed by atoms with Gasteiger partial charge in [0.25, 0.3) is 0 Å². The zero-order chi connectivity index (χ0) is 111. The Morgan fingerprint density at radius 3 is 1.07 bits per heavy atom. The molecular formula is C91H144N24O33. The highest BCUT2D eigenvalue weighted by Crippen LogP contribution is 2.24. The lowest BCUT2D eigenvalue weighted by Gasteiger charge is -2.31. The molecule has 2 aliphatic heterocycles. The molecule has 0 aliphatic carbocycles. The summed E-state index contributed by atoms with van der Waals surface area (Å²) in [5, 5.41) is 156.